The third kappa shape index (κ3) is 7.24. The first-order valence-electron chi connectivity index (χ1n) is 7.08. The molecule has 0 aliphatic carbocycles. The predicted octanol–water partition coefficient (Wildman–Crippen LogP) is 3.12. The summed E-state index contributed by atoms with van der Waals surface area (Å²) in [7, 11) is 0. The highest BCUT2D eigenvalue weighted by Gasteiger charge is 2.15. The van der Waals surface area contributed by atoms with Crippen LogP contribution >= 0.6 is 0 Å². The third-order valence-electron chi connectivity index (χ3n) is 3.39. The van der Waals surface area contributed by atoms with E-state index in [0.717, 1.165) is 6.54 Å². The molecule has 2 heteroatoms. The average molecular weight is 228 g/mol. The van der Waals surface area contributed by atoms with Gasteiger partial charge < -0.3 is 10.6 Å². The van der Waals surface area contributed by atoms with Crippen LogP contribution in [0, 0.1) is 11.8 Å². The van der Waals surface area contributed by atoms with E-state index in [9.17, 15) is 0 Å². The van der Waals surface area contributed by atoms with E-state index in [-0.39, 0.29) is 0 Å². The lowest BCUT2D eigenvalue weighted by molar-refractivity contribution is 0.200. The van der Waals surface area contributed by atoms with Crippen molar-refractivity contribution in [2.75, 3.05) is 26.2 Å². The van der Waals surface area contributed by atoms with Gasteiger partial charge in [-0.2, -0.15) is 0 Å². The molecule has 0 rings (SSSR count). The zero-order valence-corrected chi connectivity index (χ0v) is 11.8. The second-order valence-corrected chi connectivity index (χ2v) is 5.25. The number of rotatable bonds is 10. The highest BCUT2D eigenvalue weighted by atomic mass is 15.1. The van der Waals surface area contributed by atoms with Crippen molar-refractivity contribution in [1.82, 2.24) is 4.90 Å². The lowest BCUT2D eigenvalue weighted by Crippen LogP contribution is -2.36. The van der Waals surface area contributed by atoms with E-state index in [2.05, 4.69) is 32.6 Å². The van der Waals surface area contributed by atoms with Crippen molar-refractivity contribution in [1.29, 1.82) is 0 Å². The quantitative estimate of drug-likeness (QED) is 0.622. The highest BCUT2D eigenvalue weighted by Crippen LogP contribution is 2.12. The largest absolute Gasteiger partial charge is 0.330 e. The fourth-order valence-corrected chi connectivity index (χ4v) is 1.95. The van der Waals surface area contributed by atoms with Gasteiger partial charge in [0.05, 0.1) is 0 Å². The molecule has 0 saturated heterocycles. The van der Waals surface area contributed by atoms with E-state index >= 15 is 0 Å². The third-order valence-corrected chi connectivity index (χ3v) is 3.39. The molecule has 16 heavy (non-hydrogen) atoms. The molecule has 0 radical (unpaired) electrons. The summed E-state index contributed by atoms with van der Waals surface area (Å²) in [6, 6.07) is 0. The van der Waals surface area contributed by atoms with Gasteiger partial charge in [0.2, 0.25) is 0 Å². The number of hydrogen-bond acceptors (Lipinski definition) is 2. The molecule has 0 bridgehead atoms. The maximum absolute atomic E-state index is 5.85. The smallest absolute Gasteiger partial charge is 0.00242 e. The SMILES string of the molecule is CCCCN(CCCC)CC(CN)C(C)C. The van der Waals surface area contributed by atoms with Crippen LogP contribution < -0.4 is 5.73 Å². The van der Waals surface area contributed by atoms with Gasteiger partial charge in [-0.3, -0.25) is 0 Å². The second kappa shape index (κ2) is 10.1. The van der Waals surface area contributed by atoms with E-state index < -0.39 is 0 Å². The number of nitrogens with two attached hydrogens (primary N) is 1. The van der Waals surface area contributed by atoms with Crippen molar-refractivity contribution < 1.29 is 0 Å². The molecule has 2 nitrogen and oxygen atoms in total. The normalized spacial score (nSPS) is 13.7. The van der Waals surface area contributed by atoms with Crippen molar-refractivity contribution in [3.63, 3.8) is 0 Å². The van der Waals surface area contributed by atoms with E-state index in [1.54, 1.807) is 0 Å². The number of nitrogens with zero attached hydrogens (tertiary/aromatic N) is 1. The molecular weight excluding hydrogens is 196 g/mol. The van der Waals surface area contributed by atoms with Gasteiger partial charge in [-0.15, -0.1) is 0 Å². The summed E-state index contributed by atoms with van der Waals surface area (Å²) >= 11 is 0. The molecule has 98 valence electrons. The maximum Gasteiger partial charge on any atom is 0.00242 e. The molecule has 0 fully saturated rings. The molecule has 0 aromatic heterocycles. The summed E-state index contributed by atoms with van der Waals surface area (Å²) in [5.41, 5.74) is 5.85. The first kappa shape index (κ1) is 15.9. The Kier molecular flexibility index (Phi) is 10.0. The van der Waals surface area contributed by atoms with Crippen molar-refractivity contribution in [2.45, 2.75) is 53.4 Å². The fourth-order valence-electron chi connectivity index (χ4n) is 1.95. The number of unbranched alkanes of at least 4 members (excludes halogenated alkanes) is 2. The van der Waals surface area contributed by atoms with E-state index in [4.69, 9.17) is 5.73 Å². The van der Waals surface area contributed by atoms with Gasteiger partial charge in [0.25, 0.3) is 0 Å². The predicted molar refractivity (Wildman–Crippen MR) is 73.6 cm³/mol. The van der Waals surface area contributed by atoms with Gasteiger partial charge in [0, 0.05) is 6.54 Å². The Balaban J connectivity index is 4.04. The molecule has 0 aromatic carbocycles. The first-order valence-corrected chi connectivity index (χ1v) is 7.08. The zero-order chi connectivity index (χ0) is 12.4. The summed E-state index contributed by atoms with van der Waals surface area (Å²) in [4.78, 5) is 2.62. The zero-order valence-electron chi connectivity index (χ0n) is 11.8. The van der Waals surface area contributed by atoms with Crippen LogP contribution in [0.1, 0.15) is 53.4 Å². The molecule has 1 atom stereocenters. The van der Waals surface area contributed by atoms with Gasteiger partial charge in [0.1, 0.15) is 0 Å². The van der Waals surface area contributed by atoms with Crippen LogP contribution in [-0.2, 0) is 0 Å². The maximum atomic E-state index is 5.85. The average Bonchev–Trinajstić information content (AvgIpc) is 2.27. The summed E-state index contributed by atoms with van der Waals surface area (Å²) in [5, 5.41) is 0. The summed E-state index contributed by atoms with van der Waals surface area (Å²) in [6.45, 7) is 13.6. The molecular formula is C14H32N2. The van der Waals surface area contributed by atoms with Gasteiger partial charge in [-0.1, -0.05) is 40.5 Å². The van der Waals surface area contributed by atoms with Gasteiger partial charge in [-0.25, -0.2) is 0 Å². The molecule has 0 heterocycles. The Morgan fingerprint density at radius 1 is 1.00 bits per heavy atom. The van der Waals surface area contributed by atoms with E-state index in [1.807, 2.05) is 0 Å². The first-order chi connectivity index (χ1) is 7.65. The van der Waals surface area contributed by atoms with Gasteiger partial charge >= 0.3 is 0 Å². The molecule has 0 spiro atoms. The molecule has 0 aromatic rings. The number of hydrogen-bond donors (Lipinski definition) is 1. The summed E-state index contributed by atoms with van der Waals surface area (Å²) < 4.78 is 0. The van der Waals surface area contributed by atoms with Crippen LogP contribution in [0.4, 0.5) is 0 Å². The fraction of sp³-hybridized carbons (Fsp3) is 1.00. The molecule has 0 saturated carbocycles. The Morgan fingerprint density at radius 3 is 1.81 bits per heavy atom. The Morgan fingerprint density at radius 2 is 1.50 bits per heavy atom. The van der Waals surface area contributed by atoms with Crippen molar-refractivity contribution in [3.8, 4) is 0 Å². The monoisotopic (exact) mass is 228 g/mol. The van der Waals surface area contributed by atoms with Crippen LogP contribution in [0.3, 0.4) is 0 Å². The topological polar surface area (TPSA) is 29.3 Å². The molecule has 0 amide bonds. The standard InChI is InChI=1S/C14H32N2/c1-5-7-9-16(10-8-6-2)12-14(11-15)13(3)4/h13-14H,5-12,15H2,1-4H3. The molecule has 0 aliphatic rings. The van der Waals surface area contributed by atoms with Crippen LogP contribution in [0.2, 0.25) is 0 Å². The van der Waals surface area contributed by atoms with Crippen LogP contribution in [0.25, 0.3) is 0 Å². The summed E-state index contributed by atoms with van der Waals surface area (Å²) in [5.74, 6) is 1.37. The minimum Gasteiger partial charge on any atom is -0.330 e. The van der Waals surface area contributed by atoms with Crippen LogP contribution in [0.15, 0.2) is 0 Å². The lowest BCUT2D eigenvalue weighted by atomic mass is 9.95. The Hall–Kier alpha value is -0.0800. The van der Waals surface area contributed by atoms with E-state index in [1.165, 1.54) is 45.3 Å². The summed E-state index contributed by atoms with van der Waals surface area (Å²) in [6.07, 6.45) is 5.22. The minimum atomic E-state index is 0.661. The Bertz CT molecular complexity index is 138. The molecule has 0 aliphatic heterocycles. The van der Waals surface area contributed by atoms with Crippen molar-refractivity contribution >= 4 is 0 Å². The van der Waals surface area contributed by atoms with Crippen LogP contribution in [0.5, 0.6) is 0 Å². The van der Waals surface area contributed by atoms with Crippen LogP contribution in [-0.4, -0.2) is 31.1 Å². The van der Waals surface area contributed by atoms with Crippen molar-refractivity contribution in [2.24, 2.45) is 17.6 Å². The van der Waals surface area contributed by atoms with Gasteiger partial charge in [-0.05, 0) is 44.3 Å². The highest BCUT2D eigenvalue weighted by molar-refractivity contribution is 4.70. The molecule has 1 unspecified atom stereocenters. The van der Waals surface area contributed by atoms with E-state index in [0.29, 0.717) is 11.8 Å². The van der Waals surface area contributed by atoms with Gasteiger partial charge in [0.15, 0.2) is 0 Å². The second-order valence-electron chi connectivity index (χ2n) is 5.25. The van der Waals surface area contributed by atoms with Crippen molar-refractivity contribution in [3.05, 3.63) is 0 Å². The minimum absolute atomic E-state index is 0.661. The molecule has 2 N–H and O–H groups in total. The lowest BCUT2D eigenvalue weighted by Gasteiger charge is -2.28. The Labute approximate surface area is 103 Å².